The Labute approximate surface area is 188 Å². The van der Waals surface area contributed by atoms with Gasteiger partial charge in [-0.2, -0.15) is 4.72 Å². The van der Waals surface area contributed by atoms with Gasteiger partial charge in [0.1, 0.15) is 11.8 Å². The number of hydrogen-bond acceptors (Lipinski definition) is 5. The number of sulfonamides is 1. The van der Waals surface area contributed by atoms with Gasteiger partial charge in [0.05, 0.1) is 4.90 Å². The first-order valence-corrected chi connectivity index (χ1v) is 12.1. The zero-order valence-corrected chi connectivity index (χ0v) is 18.9. The number of hydrogen-bond donors (Lipinski definition) is 3. The predicted molar refractivity (Wildman–Crippen MR) is 120 cm³/mol. The highest BCUT2D eigenvalue weighted by atomic mass is 32.2. The van der Waals surface area contributed by atoms with Crippen LogP contribution in [0.25, 0.3) is 11.1 Å². The second-order valence-corrected chi connectivity index (χ2v) is 9.96. The van der Waals surface area contributed by atoms with Crippen LogP contribution in [0.15, 0.2) is 53.4 Å². The predicted octanol–water partition coefficient (Wildman–Crippen LogP) is 3.77. The van der Waals surface area contributed by atoms with Crippen LogP contribution in [0.4, 0.5) is 4.79 Å². The van der Waals surface area contributed by atoms with Crippen molar-refractivity contribution in [1.29, 1.82) is 0 Å². The van der Waals surface area contributed by atoms with E-state index in [2.05, 4.69) is 10.0 Å². The monoisotopic (exact) mass is 460 g/mol. The van der Waals surface area contributed by atoms with Crippen molar-refractivity contribution in [3.8, 4) is 16.9 Å². The van der Waals surface area contributed by atoms with Gasteiger partial charge in [-0.15, -0.1) is 0 Å². The molecule has 2 aromatic carbocycles. The van der Waals surface area contributed by atoms with E-state index >= 15 is 0 Å². The average molecular weight is 461 g/mol. The Balaban J connectivity index is 1.65. The molecule has 0 saturated heterocycles. The van der Waals surface area contributed by atoms with Crippen molar-refractivity contribution in [2.75, 3.05) is 0 Å². The highest BCUT2D eigenvalue weighted by Gasteiger charge is 2.28. The highest BCUT2D eigenvalue weighted by Crippen LogP contribution is 2.25. The summed E-state index contributed by atoms with van der Waals surface area (Å²) in [5.74, 6) is -1.21. The van der Waals surface area contributed by atoms with Gasteiger partial charge in [0.25, 0.3) is 0 Å². The van der Waals surface area contributed by atoms with Gasteiger partial charge >= 0.3 is 12.1 Å². The van der Waals surface area contributed by atoms with E-state index in [1.54, 1.807) is 50.2 Å². The molecular formula is C23H28N2O6S. The van der Waals surface area contributed by atoms with E-state index in [0.29, 0.717) is 5.75 Å². The number of aliphatic carboxylic acids is 1. The maximum atomic E-state index is 12.5. The minimum absolute atomic E-state index is 0.0170. The van der Waals surface area contributed by atoms with Gasteiger partial charge in [-0.1, -0.05) is 51.0 Å². The van der Waals surface area contributed by atoms with Gasteiger partial charge in [-0.3, -0.25) is 4.79 Å². The van der Waals surface area contributed by atoms with Crippen molar-refractivity contribution in [2.24, 2.45) is 5.92 Å². The zero-order chi connectivity index (χ0) is 23.3. The average Bonchev–Trinajstić information content (AvgIpc) is 3.25. The number of amides is 1. The van der Waals surface area contributed by atoms with Crippen molar-refractivity contribution in [3.63, 3.8) is 0 Å². The van der Waals surface area contributed by atoms with E-state index in [0.717, 1.165) is 36.8 Å². The molecule has 1 aliphatic rings. The number of rotatable bonds is 8. The molecule has 3 rings (SSSR count). The molecule has 1 fully saturated rings. The molecule has 0 spiro atoms. The van der Waals surface area contributed by atoms with E-state index in [4.69, 9.17) is 4.74 Å². The Bertz CT molecular complexity index is 1040. The lowest BCUT2D eigenvalue weighted by Gasteiger charge is -2.18. The molecule has 1 amide bonds. The number of benzene rings is 2. The van der Waals surface area contributed by atoms with Crippen LogP contribution in [0.1, 0.15) is 39.5 Å². The lowest BCUT2D eigenvalue weighted by atomic mass is 10.1. The van der Waals surface area contributed by atoms with E-state index < -0.39 is 34.0 Å². The SMILES string of the molecule is CC(C)[C@@H](NS(=O)(=O)c1ccc(-c2ccc(OC(=O)NC3CCCC3)cc2)cc1)C(=O)O. The molecular weight excluding hydrogens is 432 g/mol. The fourth-order valence-electron chi connectivity index (χ4n) is 3.62. The molecule has 8 nitrogen and oxygen atoms in total. The quantitative estimate of drug-likeness (QED) is 0.551. The van der Waals surface area contributed by atoms with Crippen molar-refractivity contribution >= 4 is 22.1 Å². The number of carboxylic acids is 1. The normalized spacial score (nSPS) is 15.5. The molecule has 1 saturated carbocycles. The second-order valence-electron chi connectivity index (χ2n) is 8.25. The zero-order valence-electron chi connectivity index (χ0n) is 18.1. The Morgan fingerprint density at radius 1 is 0.969 bits per heavy atom. The second kappa shape index (κ2) is 10.1. The van der Waals surface area contributed by atoms with Gasteiger partial charge in [-0.05, 0) is 54.2 Å². The lowest BCUT2D eigenvalue weighted by Crippen LogP contribution is -2.44. The first-order chi connectivity index (χ1) is 15.2. The molecule has 0 unspecified atom stereocenters. The molecule has 32 heavy (non-hydrogen) atoms. The summed E-state index contributed by atoms with van der Waals surface area (Å²) >= 11 is 0. The Kier molecular flexibility index (Phi) is 7.52. The summed E-state index contributed by atoms with van der Waals surface area (Å²) in [7, 11) is -3.97. The highest BCUT2D eigenvalue weighted by molar-refractivity contribution is 7.89. The van der Waals surface area contributed by atoms with Crippen LogP contribution in [0.5, 0.6) is 5.75 Å². The molecule has 9 heteroatoms. The number of carbonyl (C=O) groups is 2. The summed E-state index contributed by atoms with van der Waals surface area (Å²) in [5, 5.41) is 12.1. The van der Waals surface area contributed by atoms with Crippen molar-refractivity contribution < 1.29 is 27.9 Å². The maximum absolute atomic E-state index is 12.5. The number of ether oxygens (including phenoxy) is 1. The summed E-state index contributed by atoms with van der Waals surface area (Å²) in [6, 6.07) is 12.0. The summed E-state index contributed by atoms with van der Waals surface area (Å²) in [6.07, 6.45) is 3.72. The van der Waals surface area contributed by atoms with Gasteiger partial charge in [-0.25, -0.2) is 13.2 Å². The third-order valence-corrected chi connectivity index (χ3v) is 6.91. The van der Waals surface area contributed by atoms with Crippen LogP contribution in [-0.2, 0) is 14.8 Å². The minimum Gasteiger partial charge on any atom is -0.480 e. The summed E-state index contributed by atoms with van der Waals surface area (Å²) < 4.78 is 32.6. The van der Waals surface area contributed by atoms with Gasteiger partial charge in [0.15, 0.2) is 0 Å². The van der Waals surface area contributed by atoms with Crippen LogP contribution in [0.2, 0.25) is 0 Å². The first kappa shape index (κ1) is 23.7. The maximum Gasteiger partial charge on any atom is 0.412 e. The van der Waals surface area contributed by atoms with Crippen LogP contribution in [0, 0.1) is 5.92 Å². The fourth-order valence-corrected chi connectivity index (χ4v) is 4.96. The number of carbonyl (C=O) groups excluding carboxylic acids is 1. The van der Waals surface area contributed by atoms with Crippen molar-refractivity contribution in [3.05, 3.63) is 48.5 Å². The molecule has 0 bridgehead atoms. The van der Waals surface area contributed by atoms with Crippen LogP contribution in [-0.4, -0.2) is 37.7 Å². The fraction of sp³-hybridized carbons (Fsp3) is 0.391. The minimum atomic E-state index is -3.97. The van der Waals surface area contributed by atoms with Gasteiger partial charge in [0.2, 0.25) is 10.0 Å². The van der Waals surface area contributed by atoms with Crippen molar-refractivity contribution in [2.45, 2.75) is 56.5 Å². The van der Waals surface area contributed by atoms with Gasteiger partial charge < -0.3 is 15.2 Å². The van der Waals surface area contributed by atoms with Crippen LogP contribution >= 0.6 is 0 Å². The Morgan fingerprint density at radius 3 is 2.00 bits per heavy atom. The Hall–Kier alpha value is -2.91. The summed E-state index contributed by atoms with van der Waals surface area (Å²) in [4.78, 5) is 23.3. The molecule has 0 heterocycles. The smallest absolute Gasteiger partial charge is 0.412 e. The third kappa shape index (κ3) is 6.08. The summed E-state index contributed by atoms with van der Waals surface area (Å²) in [5.41, 5.74) is 1.58. The molecule has 1 aliphatic carbocycles. The van der Waals surface area contributed by atoms with E-state index in [-0.39, 0.29) is 10.9 Å². The van der Waals surface area contributed by atoms with Crippen LogP contribution < -0.4 is 14.8 Å². The molecule has 172 valence electrons. The molecule has 0 radical (unpaired) electrons. The third-order valence-electron chi connectivity index (χ3n) is 5.45. The van der Waals surface area contributed by atoms with Crippen molar-refractivity contribution in [1.82, 2.24) is 10.0 Å². The molecule has 2 aromatic rings. The molecule has 0 aromatic heterocycles. The largest absolute Gasteiger partial charge is 0.480 e. The van der Waals surface area contributed by atoms with E-state index in [9.17, 15) is 23.1 Å². The molecule has 3 N–H and O–H groups in total. The number of carboxylic acid groups (broad SMARTS) is 1. The van der Waals surface area contributed by atoms with Gasteiger partial charge in [0, 0.05) is 6.04 Å². The topological polar surface area (TPSA) is 122 Å². The standard InChI is InChI=1S/C23H28N2O6S/c1-15(2)21(22(26)27)25-32(29,30)20-13-9-17(10-14-20)16-7-11-19(12-8-16)31-23(28)24-18-5-3-4-6-18/h7-15,18,21,25H,3-6H2,1-2H3,(H,24,28)(H,26,27)/t21-/m1/s1. The molecule has 1 atom stereocenters. The Morgan fingerprint density at radius 2 is 1.50 bits per heavy atom. The number of nitrogens with one attached hydrogen (secondary N) is 2. The molecule has 0 aliphatic heterocycles. The summed E-state index contributed by atoms with van der Waals surface area (Å²) in [6.45, 7) is 3.27. The lowest BCUT2D eigenvalue weighted by molar-refractivity contribution is -0.140. The van der Waals surface area contributed by atoms with E-state index in [1.165, 1.54) is 12.1 Å². The van der Waals surface area contributed by atoms with Crippen LogP contribution in [0.3, 0.4) is 0 Å². The first-order valence-electron chi connectivity index (χ1n) is 10.6. The van der Waals surface area contributed by atoms with E-state index in [1.807, 2.05) is 0 Å².